The molecule has 0 fully saturated rings. The van der Waals surface area contributed by atoms with Crippen LogP contribution in [0.4, 0.5) is 10.5 Å². The lowest BCUT2D eigenvalue weighted by atomic mass is 10.2. The van der Waals surface area contributed by atoms with Crippen molar-refractivity contribution in [1.29, 1.82) is 0 Å². The summed E-state index contributed by atoms with van der Waals surface area (Å²) in [5, 5.41) is 3.16. The Labute approximate surface area is 162 Å². The number of halogens is 2. The molecule has 6 nitrogen and oxygen atoms in total. The number of nitrogens with one attached hydrogen (secondary N) is 1. The Bertz CT molecular complexity index is 886. The molecule has 0 heterocycles. The quantitative estimate of drug-likeness (QED) is 0.766. The molecule has 0 saturated heterocycles. The summed E-state index contributed by atoms with van der Waals surface area (Å²) in [7, 11) is -2.21. The van der Waals surface area contributed by atoms with Crippen molar-refractivity contribution in [1.82, 2.24) is 4.31 Å². The van der Waals surface area contributed by atoms with Gasteiger partial charge in [-0.2, -0.15) is 4.31 Å². The molecule has 1 N–H and O–H groups in total. The highest BCUT2D eigenvalue weighted by Crippen LogP contribution is 2.25. The van der Waals surface area contributed by atoms with Gasteiger partial charge >= 0.3 is 6.09 Å². The molecule has 2 rings (SSSR count). The third-order valence-electron chi connectivity index (χ3n) is 3.53. The fourth-order valence-corrected chi connectivity index (χ4v) is 3.46. The van der Waals surface area contributed by atoms with Crippen molar-refractivity contribution in [3.05, 3.63) is 58.1 Å². The highest BCUT2D eigenvalue weighted by molar-refractivity contribution is 7.89. The first-order valence-corrected chi connectivity index (χ1v) is 9.81. The van der Waals surface area contributed by atoms with Crippen LogP contribution in [-0.2, 0) is 14.8 Å². The fourth-order valence-electron chi connectivity index (χ4n) is 2.01. The molecule has 2 aromatic rings. The summed E-state index contributed by atoms with van der Waals surface area (Å²) in [5.74, 6) is 0. The standard InChI is InChI=1S/C17H18Cl2N2O4S/c1-12-3-6-14(7-4-12)26(23,24)21(2)9-10-25-17(22)20-13-5-8-15(18)16(19)11-13/h3-8,11H,9-10H2,1-2H3,(H,20,22). The van der Waals surface area contributed by atoms with Gasteiger partial charge in [-0.1, -0.05) is 40.9 Å². The number of hydrogen-bond donors (Lipinski definition) is 1. The molecule has 2 aromatic carbocycles. The van der Waals surface area contributed by atoms with Gasteiger partial charge in [-0.15, -0.1) is 0 Å². The summed E-state index contributed by atoms with van der Waals surface area (Å²) in [6.45, 7) is 1.79. The maximum Gasteiger partial charge on any atom is 0.411 e. The SMILES string of the molecule is Cc1ccc(S(=O)(=O)N(C)CCOC(=O)Nc2ccc(Cl)c(Cl)c2)cc1. The number of nitrogens with zero attached hydrogens (tertiary/aromatic N) is 1. The van der Waals surface area contributed by atoms with Crippen LogP contribution in [-0.4, -0.2) is 39.0 Å². The van der Waals surface area contributed by atoms with Crippen molar-refractivity contribution < 1.29 is 17.9 Å². The monoisotopic (exact) mass is 416 g/mol. The van der Waals surface area contributed by atoms with Gasteiger partial charge in [-0.05, 0) is 37.3 Å². The maximum absolute atomic E-state index is 12.4. The molecule has 0 saturated carbocycles. The molecule has 0 aliphatic heterocycles. The molecule has 0 aliphatic rings. The van der Waals surface area contributed by atoms with Crippen molar-refractivity contribution in [3.63, 3.8) is 0 Å². The van der Waals surface area contributed by atoms with E-state index in [1.807, 2.05) is 6.92 Å². The average molecular weight is 417 g/mol. The predicted octanol–water partition coefficient (Wildman–Crippen LogP) is 4.17. The van der Waals surface area contributed by atoms with Gasteiger partial charge in [0.25, 0.3) is 0 Å². The molecular weight excluding hydrogens is 399 g/mol. The summed E-state index contributed by atoms with van der Waals surface area (Å²) in [4.78, 5) is 12.0. The lowest BCUT2D eigenvalue weighted by molar-refractivity contribution is 0.156. The average Bonchev–Trinajstić information content (AvgIpc) is 2.58. The van der Waals surface area contributed by atoms with Gasteiger partial charge in [0.15, 0.2) is 0 Å². The van der Waals surface area contributed by atoms with Crippen molar-refractivity contribution in [2.24, 2.45) is 0 Å². The highest BCUT2D eigenvalue weighted by atomic mass is 35.5. The van der Waals surface area contributed by atoms with Gasteiger partial charge in [0.1, 0.15) is 6.61 Å². The minimum Gasteiger partial charge on any atom is -0.448 e. The zero-order valence-electron chi connectivity index (χ0n) is 14.2. The predicted molar refractivity (Wildman–Crippen MR) is 102 cm³/mol. The van der Waals surface area contributed by atoms with E-state index in [-0.39, 0.29) is 18.0 Å². The normalized spacial score (nSPS) is 11.4. The molecule has 0 bridgehead atoms. The molecule has 0 spiro atoms. The van der Waals surface area contributed by atoms with E-state index in [4.69, 9.17) is 27.9 Å². The van der Waals surface area contributed by atoms with Crippen LogP contribution in [0.25, 0.3) is 0 Å². The van der Waals surface area contributed by atoms with Crippen molar-refractivity contribution in [2.45, 2.75) is 11.8 Å². The third kappa shape index (κ3) is 5.35. The Morgan fingerprint density at radius 3 is 2.38 bits per heavy atom. The molecule has 9 heteroatoms. The van der Waals surface area contributed by atoms with Crippen molar-refractivity contribution >= 4 is 45.0 Å². The van der Waals surface area contributed by atoms with Gasteiger partial charge in [-0.3, -0.25) is 5.32 Å². The van der Waals surface area contributed by atoms with Crippen LogP contribution in [0.15, 0.2) is 47.4 Å². The number of amides is 1. The largest absolute Gasteiger partial charge is 0.448 e. The van der Waals surface area contributed by atoms with Gasteiger partial charge in [0.2, 0.25) is 10.0 Å². The second-order valence-electron chi connectivity index (χ2n) is 5.53. The lowest BCUT2D eigenvalue weighted by Crippen LogP contribution is -2.31. The molecule has 140 valence electrons. The van der Waals surface area contributed by atoms with Gasteiger partial charge < -0.3 is 4.74 Å². The minimum atomic E-state index is -3.63. The third-order valence-corrected chi connectivity index (χ3v) is 6.14. The number of aryl methyl sites for hydroxylation is 1. The minimum absolute atomic E-state index is 0.0189. The van der Waals surface area contributed by atoms with Crippen LogP contribution < -0.4 is 5.32 Å². The number of anilines is 1. The van der Waals surface area contributed by atoms with Crippen molar-refractivity contribution in [3.8, 4) is 0 Å². The van der Waals surface area contributed by atoms with E-state index < -0.39 is 16.1 Å². The van der Waals surface area contributed by atoms with Gasteiger partial charge in [0.05, 0.1) is 14.9 Å². The van der Waals surface area contributed by atoms with Crippen LogP contribution in [0, 0.1) is 6.92 Å². The number of carbonyl (C=O) groups is 1. The van der Waals surface area contributed by atoms with E-state index in [1.54, 1.807) is 36.4 Å². The Hall–Kier alpha value is -1.80. The molecule has 0 radical (unpaired) electrons. The van der Waals surface area contributed by atoms with E-state index in [9.17, 15) is 13.2 Å². The second kappa shape index (κ2) is 8.73. The number of likely N-dealkylation sites (N-methyl/N-ethyl adjacent to an activating group) is 1. The first-order chi connectivity index (χ1) is 12.2. The number of carbonyl (C=O) groups excluding carboxylic acids is 1. The Balaban J connectivity index is 1.87. The first kappa shape index (κ1) is 20.5. The Morgan fingerprint density at radius 1 is 1.12 bits per heavy atom. The molecule has 0 unspecified atom stereocenters. The maximum atomic E-state index is 12.4. The summed E-state index contributed by atoms with van der Waals surface area (Å²) in [6.07, 6.45) is -0.718. The zero-order valence-corrected chi connectivity index (χ0v) is 16.5. The number of ether oxygens (including phenoxy) is 1. The topological polar surface area (TPSA) is 75.7 Å². The van der Waals surface area contributed by atoms with Gasteiger partial charge in [0, 0.05) is 19.3 Å². The summed E-state index contributed by atoms with van der Waals surface area (Å²) < 4.78 is 31.0. The Morgan fingerprint density at radius 2 is 1.77 bits per heavy atom. The van der Waals surface area contributed by atoms with E-state index >= 15 is 0 Å². The number of benzene rings is 2. The van der Waals surface area contributed by atoms with Crippen LogP contribution in [0.3, 0.4) is 0 Å². The summed E-state index contributed by atoms with van der Waals surface area (Å²) in [5.41, 5.74) is 1.39. The van der Waals surface area contributed by atoms with Crippen LogP contribution >= 0.6 is 23.2 Å². The molecule has 1 amide bonds. The highest BCUT2D eigenvalue weighted by Gasteiger charge is 2.20. The van der Waals surface area contributed by atoms with E-state index in [0.29, 0.717) is 15.7 Å². The fraction of sp³-hybridized carbons (Fsp3) is 0.235. The molecule has 0 atom stereocenters. The van der Waals surface area contributed by atoms with Crippen molar-refractivity contribution in [2.75, 3.05) is 25.5 Å². The molecule has 26 heavy (non-hydrogen) atoms. The zero-order chi connectivity index (χ0) is 19.3. The van der Waals surface area contributed by atoms with Crippen LogP contribution in [0.5, 0.6) is 0 Å². The molecular formula is C17H18Cl2N2O4S. The smallest absolute Gasteiger partial charge is 0.411 e. The summed E-state index contributed by atoms with van der Waals surface area (Å²) >= 11 is 11.7. The molecule has 0 aliphatic carbocycles. The van der Waals surface area contributed by atoms with Crippen LogP contribution in [0.2, 0.25) is 10.0 Å². The first-order valence-electron chi connectivity index (χ1n) is 7.62. The van der Waals surface area contributed by atoms with Crippen LogP contribution in [0.1, 0.15) is 5.56 Å². The summed E-state index contributed by atoms with van der Waals surface area (Å²) in [6, 6.07) is 11.1. The van der Waals surface area contributed by atoms with E-state index in [2.05, 4.69) is 5.32 Å². The Kier molecular flexibility index (Phi) is 6.88. The lowest BCUT2D eigenvalue weighted by Gasteiger charge is -2.17. The number of sulfonamides is 1. The molecule has 0 aromatic heterocycles. The van der Waals surface area contributed by atoms with E-state index in [1.165, 1.54) is 13.1 Å². The number of rotatable bonds is 6. The number of hydrogen-bond acceptors (Lipinski definition) is 4. The van der Waals surface area contributed by atoms with E-state index in [0.717, 1.165) is 9.87 Å². The van der Waals surface area contributed by atoms with Gasteiger partial charge in [-0.25, -0.2) is 13.2 Å². The second-order valence-corrected chi connectivity index (χ2v) is 8.39.